The SMILES string of the molecule is CO/N=C(\C(=O)NC1C(=O)N2C(C(=O)O)=C(C(CCNS(N)(=O)=O)Sc3nn[nH]n3)CS[C@@H]12)c1ccco1. The number of oxime groups is 1. The van der Waals surface area contributed by atoms with E-state index in [0.29, 0.717) is 5.57 Å². The number of fused-ring (bicyclic) bond motifs is 1. The van der Waals surface area contributed by atoms with E-state index in [1.807, 2.05) is 0 Å². The molecule has 2 aromatic heterocycles. The van der Waals surface area contributed by atoms with Crippen molar-refractivity contribution in [1.82, 2.24) is 35.6 Å². The zero-order chi connectivity index (χ0) is 27.4. The lowest BCUT2D eigenvalue weighted by atomic mass is 10.00. The number of aliphatic carboxylic acids is 1. The third-order valence-electron chi connectivity index (χ3n) is 5.31. The van der Waals surface area contributed by atoms with E-state index in [0.717, 1.165) is 16.7 Å². The van der Waals surface area contributed by atoms with Crippen LogP contribution in [-0.2, 0) is 29.4 Å². The molecule has 204 valence electrons. The second-order valence-corrected chi connectivity index (χ2v) is 11.3. The van der Waals surface area contributed by atoms with Crippen LogP contribution >= 0.6 is 23.5 Å². The molecule has 17 nitrogen and oxygen atoms in total. The first-order chi connectivity index (χ1) is 18.1. The van der Waals surface area contributed by atoms with Crippen LogP contribution in [0.15, 0.2) is 44.4 Å². The normalized spacial score (nSPS) is 20.5. The molecule has 0 saturated carbocycles. The quantitative estimate of drug-likeness (QED) is 0.0799. The number of aromatic amines is 1. The van der Waals surface area contributed by atoms with E-state index in [-0.39, 0.29) is 41.0 Å². The molecule has 6 N–H and O–H groups in total. The zero-order valence-corrected chi connectivity index (χ0v) is 21.9. The number of H-pyrrole nitrogens is 1. The van der Waals surface area contributed by atoms with Gasteiger partial charge in [-0.3, -0.25) is 14.5 Å². The van der Waals surface area contributed by atoms with Gasteiger partial charge < -0.3 is 19.7 Å². The predicted molar refractivity (Wildman–Crippen MR) is 131 cm³/mol. The van der Waals surface area contributed by atoms with Crippen LogP contribution in [0.5, 0.6) is 0 Å². The molecule has 0 spiro atoms. The summed E-state index contributed by atoms with van der Waals surface area (Å²) in [6.07, 6.45) is 1.45. The van der Waals surface area contributed by atoms with Crippen molar-refractivity contribution in [3.8, 4) is 0 Å². The monoisotopic (exact) mass is 587 g/mol. The van der Waals surface area contributed by atoms with Crippen LogP contribution in [0.4, 0.5) is 0 Å². The molecule has 38 heavy (non-hydrogen) atoms. The fourth-order valence-electron chi connectivity index (χ4n) is 3.77. The zero-order valence-electron chi connectivity index (χ0n) is 19.4. The number of nitrogens with one attached hydrogen (secondary N) is 3. The average molecular weight is 588 g/mol. The van der Waals surface area contributed by atoms with Gasteiger partial charge in [-0.1, -0.05) is 16.9 Å². The molecule has 1 saturated heterocycles. The molecular formula is C18H21N9O8S3. The number of aromatic nitrogens is 4. The fourth-order valence-corrected chi connectivity index (χ4v) is 6.71. The van der Waals surface area contributed by atoms with Crippen LogP contribution < -0.4 is 15.2 Å². The standard InChI is InChI=1S/C18H21N9O8S3/c1-34-24-11(9-3-2-6-35-9)14(28)21-12-15(29)27-13(17(30)31)8(7-36-16(12)27)10(4-5-20-38(19,32)33)37-18-22-25-26-23-18/h2-3,6,10,12,16,20H,4-5,7H2,1H3,(H,21,28)(H,30,31)(H2,19,32,33)(H,22,23,25,26)/b24-11-/t10?,12?,16-/m0/s1. The van der Waals surface area contributed by atoms with E-state index < -0.39 is 44.7 Å². The maximum Gasteiger partial charge on any atom is 0.352 e. The first-order valence-electron chi connectivity index (χ1n) is 10.6. The van der Waals surface area contributed by atoms with Crippen molar-refractivity contribution in [3.63, 3.8) is 0 Å². The maximum absolute atomic E-state index is 13.1. The summed E-state index contributed by atoms with van der Waals surface area (Å²) in [4.78, 5) is 44.1. The van der Waals surface area contributed by atoms with Crippen molar-refractivity contribution in [2.24, 2.45) is 10.3 Å². The third kappa shape index (κ3) is 5.99. The Labute approximate surface area is 223 Å². The van der Waals surface area contributed by atoms with Gasteiger partial charge in [-0.15, -0.1) is 22.0 Å². The van der Waals surface area contributed by atoms with E-state index in [4.69, 9.17) is 14.4 Å². The number of carbonyl (C=O) groups excluding carboxylic acids is 2. The minimum Gasteiger partial charge on any atom is -0.477 e. The van der Waals surface area contributed by atoms with Crippen molar-refractivity contribution < 1.29 is 37.2 Å². The Bertz CT molecular complexity index is 1360. The van der Waals surface area contributed by atoms with E-state index in [2.05, 4.69) is 35.8 Å². The lowest BCUT2D eigenvalue weighted by molar-refractivity contribution is -0.150. The molecule has 1 fully saturated rings. The van der Waals surface area contributed by atoms with Crippen molar-refractivity contribution in [2.45, 2.75) is 28.2 Å². The van der Waals surface area contributed by atoms with Crippen molar-refractivity contribution in [3.05, 3.63) is 35.4 Å². The Hall–Kier alpha value is -3.46. The van der Waals surface area contributed by atoms with Gasteiger partial charge in [0.15, 0.2) is 5.76 Å². The highest BCUT2D eigenvalue weighted by Crippen LogP contribution is 2.44. The number of furan rings is 1. The molecule has 0 aliphatic carbocycles. The Morgan fingerprint density at radius 1 is 1.50 bits per heavy atom. The summed E-state index contributed by atoms with van der Waals surface area (Å²) >= 11 is 2.28. The fraction of sp³-hybridized carbons (Fsp3) is 0.389. The van der Waals surface area contributed by atoms with Crippen molar-refractivity contribution in [1.29, 1.82) is 0 Å². The van der Waals surface area contributed by atoms with Crippen LogP contribution in [0.1, 0.15) is 12.2 Å². The molecule has 0 bridgehead atoms. The predicted octanol–water partition coefficient (Wildman–Crippen LogP) is -1.77. The Morgan fingerprint density at radius 3 is 2.89 bits per heavy atom. The van der Waals surface area contributed by atoms with Crippen LogP contribution in [0.2, 0.25) is 0 Å². The van der Waals surface area contributed by atoms with Gasteiger partial charge in [0.2, 0.25) is 10.9 Å². The molecule has 2 aromatic rings. The molecule has 2 amide bonds. The summed E-state index contributed by atoms with van der Waals surface area (Å²) < 4.78 is 30.0. The second-order valence-electron chi connectivity index (χ2n) is 7.67. The van der Waals surface area contributed by atoms with Crippen LogP contribution in [-0.4, -0.2) is 98.6 Å². The number of nitrogens with two attached hydrogens (primary N) is 1. The molecule has 2 aliphatic rings. The molecule has 0 aromatic carbocycles. The maximum atomic E-state index is 13.1. The molecule has 20 heteroatoms. The molecular weight excluding hydrogens is 566 g/mol. The summed E-state index contributed by atoms with van der Waals surface area (Å²) in [5.74, 6) is -2.48. The van der Waals surface area contributed by atoms with Gasteiger partial charge in [0.25, 0.3) is 22.0 Å². The number of carboxylic acid groups (broad SMARTS) is 1. The van der Waals surface area contributed by atoms with Crippen molar-refractivity contribution in [2.75, 3.05) is 19.4 Å². The molecule has 4 heterocycles. The summed E-state index contributed by atoms with van der Waals surface area (Å²) in [5.41, 5.74) is -0.115. The molecule has 3 atom stereocenters. The summed E-state index contributed by atoms with van der Waals surface area (Å²) in [6.45, 7) is -0.111. The number of hydrogen-bond acceptors (Lipinski definition) is 13. The lowest BCUT2D eigenvalue weighted by Crippen LogP contribution is -2.71. The van der Waals surface area contributed by atoms with E-state index in [1.54, 1.807) is 6.07 Å². The van der Waals surface area contributed by atoms with Gasteiger partial charge in [0, 0.05) is 17.5 Å². The molecule has 4 rings (SSSR count). The number of hydrogen-bond donors (Lipinski definition) is 5. The number of β-lactam (4-membered cyclic amide) rings is 1. The minimum atomic E-state index is -3.98. The van der Waals surface area contributed by atoms with Crippen molar-refractivity contribution >= 4 is 57.2 Å². The van der Waals surface area contributed by atoms with Gasteiger partial charge >= 0.3 is 5.97 Å². The largest absolute Gasteiger partial charge is 0.477 e. The Kier molecular flexibility index (Phi) is 8.35. The van der Waals surface area contributed by atoms with Gasteiger partial charge in [0.05, 0.1) is 6.26 Å². The van der Waals surface area contributed by atoms with Crippen LogP contribution in [0.3, 0.4) is 0 Å². The lowest BCUT2D eigenvalue weighted by Gasteiger charge is -2.50. The Morgan fingerprint density at radius 2 is 2.29 bits per heavy atom. The number of amides is 2. The van der Waals surface area contributed by atoms with Gasteiger partial charge in [0.1, 0.15) is 24.2 Å². The third-order valence-corrected chi connectivity index (χ3v) is 8.41. The smallest absolute Gasteiger partial charge is 0.352 e. The molecule has 2 aliphatic heterocycles. The first kappa shape index (κ1) is 27.6. The number of nitrogens with zero attached hydrogens (tertiary/aromatic N) is 5. The van der Waals surface area contributed by atoms with E-state index in [9.17, 15) is 27.9 Å². The highest BCUT2D eigenvalue weighted by Gasteiger charge is 2.55. The number of tetrazole rings is 1. The number of rotatable bonds is 12. The van der Waals surface area contributed by atoms with E-state index in [1.165, 1.54) is 31.2 Å². The number of carboxylic acids is 1. The van der Waals surface area contributed by atoms with Crippen LogP contribution in [0.25, 0.3) is 0 Å². The number of carbonyl (C=O) groups is 3. The van der Waals surface area contributed by atoms with Gasteiger partial charge in [-0.05, 0) is 29.3 Å². The van der Waals surface area contributed by atoms with Crippen LogP contribution in [0, 0.1) is 0 Å². The highest BCUT2D eigenvalue weighted by molar-refractivity contribution is 8.01. The van der Waals surface area contributed by atoms with E-state index >= 15 is 0 Å². The summed E-state index contributed by atoms with van der Waals surface area (Å²) in [6, 6.07) is 2.01. The average Bonchev–Trinajstić information content (AvgIpc) is 3.58. The minimum absolute atomic E-state index is 0.106. The number of thioether (sulfide) groups is 2. The first-order valence-corrected chi connectivity index (χ1v) is 14.1. The molecule has 2 unspecified atom stereocenters. The highest BCUT2D eigenvalue weighted by atomic mass is 32.2. The van der Waals surface area contributed by atoms with Gasteiger partial charge in [-0.25, -0.2) is 14.7 Å². The summed E-state index contributed by atoms with van der Waals surface area (Å²) in [7, 11) is -2.74. The molecule has 0 radical (unpaired) electrons. The Balaban J connectivity index is 1.56. The summed E-state index contributed by atoms with van der Waals surface area (Å²) in [5, 5.41) is 33.6. The second kappa shape index (κ2) is 11.5. The topological polar surface area (TPSA) is 248 Å². The van der Waals surface area contributed by atoms with Gasteiger partial charge in [-0.2, -0.15) is 13.6 Å².